The quantitative estimate of drug-likeness (QED) is 0.678. The Morgan fingerprint density at radius 2 is 2.27 bits per heavy atom. The molecule has 1 aliphatic rings. The van der Waals surface area contributed by atoms with Gasteiger partial charge in [0.2, 0.25) is 0 Å². The minimum Gasteiger partial charge on any atom is -0.376 e. The molecule has 0 spiro atoms. The molecule has 0 aromatic rings. The first kappa shape index (κ1) is 12.9. The van der Waals surface area contributed by atoms with Gasteiger partial charge in [0.1, 0.15) is 0 Å². The van der Waals surface area contributed by atoms with Gasteiger partial charge in [-0.15, -0.1) is 0 Å². The van der Waals surface area contributed by atoms with Gasteiger partial charge >= 0.3 is 0 Å². The van der Waals surface area contributed by atoms with Crippen LogP contribution in [0.25, 0.3) is 0 Å². The van der Waals surface area contributed by atoms with Crippen molar-refractivity contribution in [2.45, 2.75) is 45.8 Å². The van der Waals surface area contributed by atoms with Crippen molar-refractivity contribution in [3.8, 4) is 0 Å². The number of nitrogens with one attached hydrogen (secondary N) is 1. The van der Waals surface area contributed by atoms with Crippen molar-refractivity contribution < 1.29 is 4.74 Å². The van der Waals surface area contributed by atoms with Crippen LogP contribution >= 0.6 is 0 Å². The highest BCUT2D eigenvalue weighted by Crippen LogP contribution is 2.10. The molecule has 0 aliphatic carbocycles. The lowest BCUT2D eigenvalue weighted by atomic mass is 10.1. The third kappa shape index (κ3) is 4.96. The molecule has 1 N–H and O–H groups in total. The average Bonchev–Trinajstić information content (AvgIpc) is 2.24. The van der Waals surface area contributed by atoms with Crippen LogP contribution in [-0.2, 0) is 4.74 Å². The van der Waals surface area contributed by atoms with Gasteiger partial charge in [-0.1, -0.05) is 6.92 Å². The van der Waals surface area contributed by atoms with Gasteiger partial charge in [0.25, 0.3) is 0 Å². The van der Waals surface area contributed by atoms with Crippen molar-refractivity contribution in [1.82, 2.24) is 10.2 Å². The molecule has 0 aromatic heterocycles. The topological polar surface area (TPSA) is 24.5 Å². The molecule has 3 nitrogen and oxygen atoms in total. The Hall–Kier alpha value is -0.120. The molecule has 90 valence electrons. The summed E-state index contributed by atoms with van der Waals surface area (Å²) in [5.74, 6) is 0. The molecule has 3 heteroatoms. The summed E-state index contributed by atoms with van der Waals surface area (Å²) >= 11 is 0. The lowest BCUT2D eigenvalue weighted by Gasteiger charge is -2.35. The van der Waals surface area contributed by atoms with E-state index >= 15 is 0 Å². The number of nitrogens with zero attached hydrogens (tertiary/aromatic N) is 1. The van der Waals surface area contributed by atoms with E-state index in [0.29, 0.717) is 12.1 Å². The van der Waals surface area contributed by atoms with E-state index in [1.54, 1.807) is 0 Å². The molecule has 0 saturated carbocycles. The van der Waals surface area contributed by atoms with E-state index in [2.05, 4.69) is 31.0 Å². The monoisotopic (exact) mass is 214 g/mol. The number of ether oxygens (including phenoxy) is 1. The Balaban J connectivity index is 2.12. The van der Waals surface area contributed by atoms with Gasteiger partial charge in [0.05, 0.1) is 12.7 Å². The molecule has 1 saturated heterocycles. The van der Waals surface area contributed by atoms with E-state index in [-0.39, 0.29) is 0 Å². The fourth-order valence-corrected chi connectivity index (χ4v) is 2.04. The smallest absolute Gasteiger partial charge is 0.0674 e. The summed E-state index contributed by atoms with van der Waals surface area (Å²) in [6.07, 6.45) is 2.88. The van der Waals surface area contributed by atoms with Crippen LogP contribution in [0.1, 0.15) is 33.6 Å². The van der Waals surface area contributed by atoms with E-state index in [0.717, 1.165) is 32.8 Å². The summed E-state index contributed by atoms with van der Waals surface area (Å²) < 4.78 is 5.54. The van der Waals surface area contributed by atoms with E-state index in [1.165, 1.54) is 12.8 Å². The van der Waals surface area contributed by atoms with Crippen molar-refractivity contribution in [2.75, 3.05) is 32.8 Å². The van der Waals surface area contributed by atoms with Gasteiger partial charge in [-0.25, -0.2) is 0 Å². The predicted octanol–water partition coefficient (Wildman–Crippen LogP) is 1.49. The van der Waals surface area contributed by atoms with Gasteiger partial charge in [0.15, 0.2) is 0 Å². The third-order valence-corrected chi connectivity index (χ3v) is 3.06. The number of morpholine rings is 1. The maximum absolute atomic E-state index is 5.54. The Morgan fingerprint density at radius 3 is 2.93 bits per heavy atom. The SMILES string of the molecule is CCCNCCC(C)N1CCOC(C)C1. The average molecular weight is 214 g/mol. The van der Waals surface area contributed by atoms with E-state index < -0.39 is 0 Å². The first-order valence-electron chi connectivity index (χ1n) is 6.30. The van der Waals surface area contributed by atoms with Crippen LogP contribution in [0.5, 0.6) is 0 Å². The zero-order chi connectivity index (χ0) is 11.1. The van der Waals surface area contributed by atoms with Crippen LogP contribution in [0.15, 0.2) is 0 Å². The number of hydrogen-bond acceptors (Lipinski definition) is 3. The van der Waals surface area contributed by atoms with E-state index in [9.17, 15) is 0 Å². The second-order valence-electron chi connectivity index (χ2n) is 4.56. The molecule has 2 atom stereocenters. The van der Waals surface area contributed by atoms with Crippen molar-refractivity contribution in [3.05, 3.63) is 0 Å². The highest BCUT2D eigenvalue weighted by Gasteiger charge is 2.20. The van der Waals surface area contributed by atoms with Crippen LogP contribution < -0.4 is 5.32 Å². The van der Waals surface area contributed by atoms with Crippen LogP contribution in [0.3, 0.4) is 0 Å². The molecule has 1 fully saturated rings. The summed E-state index contributed by atoms with van der Waals surface area (Å²) in [5.41, 5.74) is 0. The van der Waals surface area contributed by atoms with Crippen LogP contribution in [0.4, 0.5) is 0 Å². The van der Waals surface area contributed by atoms with Gasteiger partial charge in [-0.05, 0) is 39.8 Å². The van der Waals surface area contributed by atoms with Gasteiger partial charge in [-0.2, -0.15) is 0 Å². The second-order valence-corrected chi connectivity index (χ2v) is 4.56. The van der Waals surface area contributed by atoms with Crippen molar-refractivity contribution in [1.29, 1.82) is 0 Å². The largest absolute Gasteiger partial charge is 0.376 e. The van der Waals surface area contributed by atoms with Gasteiger partial charge in [-0.3, -0.25) is 4.90 Å². The highest BCUT2D eigenvalue weighted by molar-refractivity contribution is 4.74. The lowest BCUT2D eigenvalue weighted by molar-refractivity contribution is -0.0323. The first-order chi connectivity index (χ1) is 7.24. The molecule has 15 heavy (non-hydrogen) atoms. The highest BCUT2D eigenvalue weighted by atomic mass is 16.5. The zero-order valence-corrected chi connectivity index (χ0v) is 10.5. The Labute approximate surface area is 94.2 Å². The molecular formula is C12H26N2O. The summed E-state index contributed by atoms with van der Waals surface area (Å²) in [6.45, 7) is 12.1. The fourth-order valence-electron chi connectivity index (χ4n) is 2.04. The Kier molecular flexibility index (Phi) is 6.22. The Bertz CT molecular complexity index is 164. The maximum Gasteiger partial charge on any atom is 0.0674 e. The first-order valence-corrected chi connectivity index (χ1v) is 6.30. The van der Waals surface area contributed by atoms with Crippen molar-refractivity contribution in [2.24, 2.45) is 0 Å². The molecule has 0 radical (unpaired) electrons. The molecule has 1 heterocycles. The molecule has 0 amide bonds. The summed E-state index contributed by atoms with van der Waals surface area (Å²) in [5, 5.41) is 3.46. The molecule has 2 unspecified atom stereocenters. The third-order valence-electron chi connectivity index (χ3n) is 3.06. The zero-order valence-electron chi connectivity index (χ0n) is 10.5. The van der Waals surface area contributed by atoms with Crippen LogP contribution in [0, 0.1) is 0 Å². The van der Waals surface area contributed by atoms with Crippen LogP contribution in [0.2, 0.25) is 0 Å². The van der Waals surface area contributed by atoms with Gasteiger partial charge < -0.3 is 10.1 Å². The number of rotatable bonds is 6. The maximum atomic E-state index is 5.54. The summed E-state index contributed by atoms with van der Waals surface area (Å²) in [6, 6.07) is 0.681. The normalized spacial score (nSPS) is 25.4. The minimum atomic E-state index is 0.407. The Morgan fingerprint density at radius 1 is 1.47 bits per heavy atom. The second kappa shape index (κ2) is 7.20. The summed E-state index contributed by atoms with van der Waals surface area (Å²) in [7, 11) is 0. The van der Waals surface area contributed by atoms with E-state index in [1.807, 2.05) is 0 Å². The lowest BCUT2D eigenvalue weighted by Crippen LogP contribution is -2.46. The van der Waals surface area contributed by atoms with Gasteiger partial charge in [0, 0.05) is 19.1 Å². The minimum absolute atomic E-state index is 0.407. The standard InChI is InChI=1S/C12H26N2O/c1-4-6-13-7-5-11(2)14-8-9-15-12(3)10-14/h11-13H,4-10H2,1-3H3. The fraction of sp³-hybridized carbons (Fsp3) is 1.00. The summed E-state index contributed by atoms with van der Waals surface area (Å²) in [4.78, 5) is 2.54. The molecular weight excluding hydrogens is 188 g/mol. The van der Waals surface area contributed by atoms with E-state index in [4.69, 9.17) is 4.74 Å². The van der Waals surface area contributed by atoms with Crippen molar-refractivity contribution in [3.63, 3.8) is 0 Å². The van der Waals surface area contributed by atoms with Crippen LogP contribution in [-0.4, -0.2) is 49.8 Å². The predicted molar refractivity (Wildman–Crippen MR) is 64.2 cm³/mol. The molecule has 1 aliphatic heterocycles. The van der Waals surface area contributed by atoms with Crippen molar-refractivity contribution >= 4 is 0 Å². The molecule has 1 rings (SSSR count). The molecule has 0 bridgehead atoms. The number of hydrogen-bond donors (Lipinski definition) is 1. The molecule has 0 aromatic carbocycles.